The van der Waals surface area contributed by atoms with Gasteiger partial charge in [-0.15, -0.1) is 0 Å². The van der Waals surface area contributed by atoms with Crippen LogP contribution in [0.4, 0.5) is 5.69 Å². The summed E-state index contributed by atoms with van der Waals surface area (Å²) in [5, 5.41) is 3.36. The largest absolute Gasteiger partial charge is 0.494 e. The molecule has 3 aromatic carbocycles. The van der Waals surface area contributed by atoms with Crippen molar-refractivity contribution in [2.75, 3.05) is 26.6 Å². The summed E-state index contributed by atoms with van der Waals surface area (Å²) in [5.41, 5.74) is 1.89. The van der Waals surface area contributed by atoms with Gasteiger partial charge >= 0.3 is 0 Å². The lowest BCUT2D eigenvalue weighted by molar-refractivity contribution is 0.102. The highest BCUT2D eigenvalue weighted by molar-refractivity contribution is 6.05. The van der Waals surface area contributed by atoms with E-state index in [0.717, 1.165) is 0 Å². The van der Waals surface area contributed by atoms with E-state index >= 15 is 0 Å². The summed E-state index contributed by atoms with van der Waals surface area (Å²) >= 11 is 0. The number of nitrogens with one attached hydrogen (secondary N) is 1. The number of hydrogen-bond donors (Lipinski definition) is 1. The molecule has 0 saturated heterocycles. The Balaban J connectivity index is 1.69. The standard InChI is InChI=1S/C25H23N3O5/c1-15-26-19-8-6-5-7-18(19)25(30)28(15)17-10-11-20(22(14-17)32-3)27-24(29)16-9-12-21(31-2)23(13-16)33-4/h5-14H,1-4H3,(H,27,29). The molecule has 33 heavy (non-hydrogen) atoms. The summed E-state index contributed by atoms with van der Waals surface area (Å²) < 4.78 is 17.5. The van der Waals surface area contributed by atoms with E-state index in [2.05, 4.69) is 10.3 Å². The first-order chi connectivity index (χ1) is 16.0. The minimum atomic E-state index is -0.345. The molecule has 8 nitrogen and oxygen atoms in total. The number of amides is 1. The maximum Gasteiger partial charge on any atom is 0.265 e. The molecule has 0 aliphatic heterocycles. The highest BCUT2D eigenvalue weighted by Gasteiger charge is 2.16. The van der Waals surface area contributed by atoms with Crippen LogP contribution in [0.15, 0.2) is 65.5 Å². The van der Waals surface area contributed by atoms with E-state index in [1.807, 2.05) is 6.07 Å². The van der Waals surface area contributed by atoms with Gasteiger partial charge in [-0.3, -0.25) is 14.2 Å². The predicted molar refractivity (Wildman–Crippen MR) is 126 cm³/mol. The fraction of sp³-hybridized carbons (Fsp3) is 0.160. The van der Waals surface area contributed by atoms with E-state index in [0.29, 0.717) is 50.9 Å². The number of para-hydroxylation sites is 1. The van der Waals surface area contributed by atoms with Crippen LogP contribution < -0.4 is 25.1 Å². The molecule has 8 heteroatoms. The summed E-state index contributed by atoms with van der Waals surface area (Å²) in [6.45, 7) is 1.77. The third kappa shape index (κ3) is 4.10. The van der Waals surface area contributed by atoms with Gasteiger partial charge in [0.1, 0.15) is 11.6 Å². The van der Waals surface area contributed by atoms with Crippen molar-refractivity contribution in [3.63, 3.8) is 0 Å². The second kappa shape index (κ2) is 9.04. The fourth-order valence-electron chi connectivity index (χ4n) is 3.64. The molecule has 0 aliphatic carbocycles. The van der Waals surface area contributed by atoms with Gasteiger partial charge < -0.3 is 19.5 Å². The van der Waals surface area contributed by atoms with Gasteiger partial charge in [-0.25, -0.2) is 4.98 Å². The molecule has 1 aromatic heterocycles. The molecule has 1 heterocycles. The molecule has 0 atom stereocenters. The molecule has 4 aromatic rings. The molecule has 0 saturated carbocycles. The summed E-state index contributed by atoms with van der Waals surface area (Å²) in [5.74, 6) is 1.58. The molecule has 0 fully saturated rings. The second-order valence-corrected chi connectivity index (χ2v) is 7.23. The Bertz CT molecular complexity index is 1410. The highest BCUT2D eigenvalue weighted by Crippen LogP contribution is 2.30. The number of anilines is 1. The van der Waals surface area contributed by atoms with Gasteiger partial charge in [0.2, 0.25) is 0 Å². The van der Waals surface area contributed by atoms with Crippen LogP contribution in [0.2, 0.25) is 0 Å². The number of carbonyl (C=O) groups is 1. The average Bonchev–Trinajstić information content (AvgIpc) is 2.84. The lowest BCUT2D eigenvalue weighted by atomic mass is 10.1. The Hall–Kier alpha value is -4.33. The molecule has 0 bridgehead atoms. The average molecular weight is 445 g/mol. The number of ether oxygens (including phenoxy) is 3. The zero-order chi connectivity index (χ0) is 23.5. The molecule has 0 radical (unpaired) electrons. The van der Waals surface area contributed by atoms with Gasteiger partial charge in [0.05, 0.1) is 43.6 Å². The Morgan fingerprint density at radius 3 is 2.33 bits per heavy atom. The van der Waals surface area contributed by atoms with E-state index in [-0.39, 0.29) is 11.5 Å². The number of benzene rings is 3. The van der Waals surface area contributed by atoms with E-state index in [1.165, 1.54) is 25.9 Å². The third-order valence-corrected chi connectivity index (χ3v) is 5.28. The number of carbonyl (C=O) groups excluding carboxylic acids is 1. The van der Waals surface area contributed by atoms with Gasteiger partial charge in [0.25, 0.3) is 11.5 Å². The Labute approximate surface area is 190 Å². The van der Waals surface area contributed by atoms with Crippen molar-refractivity contribution in [1.29, 1.82) is 0 Å². The number of rotatable bonds is 6. The van der Waals surface area contributed by atoms with Crippen molar-refractivity contribution in [3.05, 3.63) is 82.4 Å². The highest BCUT2D eigenvalue weighted by atomic mass is 16.5. The Kier molecular flexibility index (Phi) is 5.99. The number of fused-ring (bicyclic) bond motifs is 1. The summed E-state index contributed by atoms with van der Waals surface area (Å²) in [6.07, 6.45) is 0. The molecule has 0 unspecified atom stereocenters. The monoisotopic (exact) mass is 445 g/mol. The number of nitrogens with zero attached hydrogens (tertiary/aromatic N) is 2. The molecular weight excluding hydrogens is 422 g/mol. The van der Waals surface area contributed by atoms with E-state index in [9.17, 15) is 9.59 Å². The van der Waals surface area contributed by atoms with Crippen molar-refractivity contribution < 1.29 is 19.0 Å². The van der Waals surface area contributed by atoms with Crippen LogP contribution in [-0.2, 0) is 0 Å². The molecular formula is C25H23N3O5. The minimum Gasteiger partial charge on any atom is -0.494 e. The van der Waals surface area contributed by atoms with E-state index in [4.69, 9.17) is 14.2 Å². The molecule has 1 amide bonds. The minimum absolute atomic E-state index is 0.178. The van der Waals surface area contributed by atoms with Crippen molar-refractivity contribution in [2.45, 2.75) is 6.92 Å². The third-order valence-electron chi connectivity index (χ3n) is 5.28. The number of aryl methyl sites for hydroxylation is 1. The van der Waals surface area contributed by atoms with E-state index < -0.39 is 0 Å². The SMILES string of the molecule is COc1cc(-n2c(C)nc3ccccc3c2=O)ccc1NC(=O)c1ccc(OC)c(OC)c1. The van der Waals surface area contributed by atoms with Crippen LogP contribution in [0.1, 0.15) is 16.2 Å². The number of methoxy groups -OCH3 is 3. The second-order valence-electron chi connectivity index (χ2n) is 7.23. The Morgan fingerprint density at radius 2 is 1.61 bits per heavy atom. The smallest absolute Gasteiger partial charge is 0.265 e. The van der Waals surface area contributed by atoms with Crippen LogP contribution in [-0.4, -0.2) is 36.8 Å². The number of hydrogen-bond acceptors (Lipinski definition) is 6. The lowest BCUT2D eigenvalue weighted by Gasteiger charge is -2.15. The quantitative estimate of drug-likeness (QED) is 0.483. The van der Waals surface area contributed by atoms with Crippen LogP contribution in [0.5, 0.6) is 17.2 Å². The van der Waals surface area contributed by atoms with Crippen molar-refractivity contribution in [2.24, 2.45) is 0 Å². The fourth-order valence-corrected chi connectivity index (χ4v) is 3.64. The topological polar surface area (TPSA) is 91.7 Å². The molecule has 0 spiro atoms. The maximum absolute atomic E-state index is 13.1. The zero-order valence-corrected chi connectivity index (χ0v) is 18.7. The van der Waals surface area contributed by atoms with Crippen molar-refractivity contribution >= 4 is 22.5 Å². The Morgan fingerprint density at radius 1 is 0.879 bits per heavy atom. The molecule has 4 rings (SSSR count). The van der Waals surface area contributed by atoms with Crippen LogP contribution >= 0.6 is 0 Å². The zero-order valence-electron chi connectivity index (χ0n) is 18.7. The van der Waals surface area contributed by atoms with Crippen LogP contribution in [0, 0.1) is 6.92 Å². The summed E-state index contributed by atoms with van der Waals surface area (Å²) in [7, 11) is 4.54. The van der Waals surface area contributed by atoms with Gasteiger partial charge in [-0.05, 0) is 49.4 Å². The number of aromatic nitrogens is 2. The van der Waals surface area contributed by atoms with Crippen LogP contribution in [0.3, 0.4) is 0 Å². The summed E-state index contributed by atoms with van der Waals surface area (Å²) in [6, 6.07) is 17.2. The molecule has 1 N–H and O–H groups in total. The van der Waals surface area contributed by atoms with E-state index in [1.54, 1.807) is 61.5 Å². The van der Waals surface area contributed by atoms with Gasteiger partial charge in [0, 0.05) is 11.6 Å². The van der Waals surface area contributed by atoms with Crippen molar-refractivity contribution in [3.8, 4) is 22.9 Å². The van der Waals surface area contributed by atoms with Gasteiger partial charge in [-0.2, -0.15) is 0 Å². The van der Waals surface area contributed by atoms with Gasteiger partial charge in [0.15, 0.2) is 11.5 Å². The first-order valence-electron chi connectivity index (χ1n) is 10.2. The van der Waals surface area contributed by atoms with Gasteiger partial charge in [-0.1, -0.05) is 12.1 Å². The first-order valence-corrected chi connectivity index (χ1v) is 10.2. The predicted octanol–water partition coefficient (Wildman–Crippen LogP) is 3.97. The maximum atomic E-state index is 13.1. The normalized spacial score (nSPS) is 10.7. The molecule has 168 valence electrons. The molecule has 0 aliphatic rings. The van der Waals surface area contributed by atoms with Crippen LogP contribution in [0.25, 0.3) is 16.6 Å². The van der Waals surface area contributed by atoms with Crippen molar-refractivity contribution in [1.82, 2.24) is 9.55 Å². The lowest BCUT2D eigenvalue weighted by Crippen LogP contribution is -2.22. The first kappa shape index (κ1) is 21.9. The summed E-state index contributed by atoms with van der Waals surface area (Å²) in [4.78, 5) is 30.5.